The van der Waals surface area contributed by atoms with Crippen molar-refractivity contribution in [1.29, 1.82) is 0 Å². The molecule has 1 heteroatoms. The second-order valence-corrected chi connectivity index (χ2v) is 2.99. The molecule has 0 saturated carbocycles. The SMILES string of the molecule is [At]c1ccccc1. The van der Waals surface area contributed by atoms with Gasteiger partial charge in [-0.1, -0.05) is 0 Å². The van der Waals surface area contributed by atoms with Gasteiger partial charge in [0.25, 0.3) is 0 Å². The van der Waals surface area contributed by atoms with Gasteiger partial charge in [0, 0.05) is 0 Å². The van der Waals surface area contributed by atoms with Crippen molar-refractivity contribution in [1.82, 2.24) is 0 Å². The normalized spacial score (nSPS) is 8.71. The van der Waals surface area contributed by atoms with E-state index in [4.69, 9.17) is 0 Å². The van der Waals surface area contributed by atoms with Crippen LogP contribution in [0, 0.1) is 24.7 Å². The molecule has 0 saturated heterocycles. The van der Waals surface area contributed by atoms with Crippen LogP contribution in [0.25, 0.3) is 0 Å². The molecule has 0 heterocycles. The van der Waals surface area contributed by atoms with Crippen molar-refractivity contribution in [2.75, 3.05) is 0 Å². The molecule has 0 aromatic heterocycles. The minimum absolute atomic E-state index is 1.38. The van der Waals surface area contributed by atoms with Crippen LogP contribution in [0.2, 0.25) is 0 Å². The summed E-state index contributed by atoms with van der Waals surface area (Å²) in [4.78, 5) is 0. The molecule has 0 N–H and O–H groups in total. The van der Waals surface area contributed by atoms with Gasteiger partial charge in [0.1, 0.15) is 0 Å². The molecule has 1 aromatic rings. The molecule has 36 valence electrons. The van der Waals surface area contributed by atoms with Gasteiger partial charge in [-0.25, -0.2) is 0 Å². The zero-order chi connectivity index (χ0) is 5.11. The predicted molar refractivity (Wildman–Crippen MR) is 26.1 cm³/mol. The number of benzene rings is 1. The van der Waals surface area contributed by atoms with E-state index in [-0.39, 0.29) is 0 Å². The number of hydrogen-bond acceptors (Lipinski definition) is 0. The molecular weight excluding hydrogens is 282 g/mol. The molecule has 1 aromatic carbocycles. The van der Waals surface area contributed by atoms with Gasteiger partial charge in [-0.2, -0.15) is 0 Å². The van der Waals surface area contributed by atoms with Crippen molar-refractivity contribution >= 4 is 3.27 Å². The molecule has 0 aliphatic rings. The Morgan fingerprint density at radius 1 is 1.00 bits per heavy atom. The molecule has 0 amide bonds. The second-order valence-electron chi connectivity index (χ2n) is 1.30. The van der Waals surface area contributed by atoms with E-state index in [1.165, 1.54) is 3.27 Å². The Hall–Kier alpha value is 0.103. The summed E-state index contributed by atoms with van der Waals surface area (Å²) in [5.74, 6) is 0. The van der Waals surface area contributed by atoms with Crippen LogP contribution in [-0.2, 0) is 0 Å². The van der Waals surface area contributed by atoms with Gasteiger partial charge in [-0.05, 0) is 0 Å². The fourth-order valence-electron chi connectivity index (χ4n) is 0.415. The first-order valence-corrected chi connectivity index (χ1v) is 3.57. The average molecular weight is 287 g/mol. The van der Waals surface area contributed by atoms with E-state index in [9.17, 15) is 0 Å². The van der Waals surface area contributed by atoms with Gasteiger partial charge in [0.05, 0.1) is 0 Å². The summed E-state index contributed by atoms with van der Waals surface area (Å²) in [5, 5.41) is 0. The number of rotatable bonds is 0. The molecule has 0 radical (unpaired) electrons. The Morgan fingerprint density at radius 2 is 1.57 bits per heavy atom. The summed E-state index contributed by atoms with van der Waals surface area (Å²) in [5.41, 5.74) is 0. The predicted octanol–water partition coefficient (Wildman–Crippen LogP) is 0.861. The first-order valence-electron chi connectivity index (χ1n) is 2.10. The third-order valence-electron chi connectivity index (χ3n) is 0.733. The molecule has 1 rings (SSSR count). The molecular formula is C6H5At. The summed E-state index contributed by atoms with van der Waals surface area (Å²) in [6.07, 6.45) is 0. The Morgan fingerprint density at radius 3 is 1.86 bits per heavy atom. The zero-order valence-electron chi connectivity index (χ0n) is 3.76. The van der Waals surface area contributed by atoms with Crippen LogP contribution in [0.1, 0.15) is 0 Å². The van der Waals surface area contributed by atoms with Crippen LogP contribution in [0.5, 0.6) is 0 Å². The van der Waals surface area contributed by atoms with Crippen molar-refractivity contribution in [3.63, 3.8) is 0 Å². The van der Waals surface area contributed by atoms with Gasteiger partial charge in [0.15, 0.2) is 0 Å². The van der Waals surface area contributed by atoms with E-state index in [0.29, 0.717) is 0 Å². The van der Waals surface area contributed by atoms with E-state index < -0.39 is 0 Å². The molecule has 0 spiro atoms. The second kappa shape index (κ2) is 2.42. The molecule has 0 unspecified atom stereocenters. The third kappa shape index (κ3) is 1.56. The van der Waals surface area contributed by atoms with Gasteiger partial charge < -0.3 is 0 Å². The maximum atomic E-state index is 2.11. The summed E-state index contributed by atoms with van der Waals surface area (Å²) in [7, 11) is 0. The molecule has 0 aliphatic carbocycles. The van der Waals surface area contributed by atoms with Crippen molar-refractivity contribution in [2.45, 2.75) is 0 Å². The van der Waals surface area contributed by atoms with Crippen LogP contribution in [-0.4, -0.2) is 0 Å². The van der Waals surface area contributed by atoms with Crippen LogP contribution in [0.3, 0.4) is 0 Å². The standard InChI is InChI=1S/C6H5At/c7-6-4-2-1-3-5-6/h1-5H. The van der Waals surface area contributed by atoms with E-state index in [2.05, 4.69) is 24.3 Å². The fourth-order valence-corrected chi connectivity index (χ4v) is 0.980. The summed E-state index contributed by atoms with van der Waals surface area (Å²) >= 11 is 1.72. The molecule has 0 atom stereocenters. The fraction of sp³-hybridized carbons (Fsp3) is 0. The molecule has 7 heavy (non-hydrogen) atoms. The van der Waals surface area contributed by atoms with Gasteiger partial charge in [0.2, 0.25) is 0 Å². The topological polar surface area (TPSA) is 0 Å². The van der Waals surface area contributed by atoms with Gasteiger partial charge in [-0.15, -0.1) is 0 Å². The van der Waals surface area contributed by atoms with E-state index >= 15 is 0 Å². The Bertz CT molecular complexity index is 134. The zero-order valence-corrected chi connectivity index (χ0v) is 6.70. The summed E-state index contributed by atoms with van der Waals surface area (Å²) in [6, 6.07) is 10.3. The minimum atomic E-state index is 1.38. The van der Waals surface area contributed by atoms with E-state index in [0.717, 1.165) is 0 Å². The first-order chi connectivity index (χ1) is 3.39. The summed E-state index contributed by atoms with van der Waals surface area (Å²) in [6.45, 7) is 0. The Labute approximate surface area is 58.4 Å². The van der Waals surface area contributed by atoms with Gasteiger partial charge >= 0.3 is 58.3 Å². The van der Waals surface area contributed by atoms with Crippen molar-refractivity contribution in [3.8, 4) is 0 Å². The average Bonchev–Trinajstić information content (AvgIpc) is 1.69. The first kappa shape index (κ1) is 5.24. The maximum absolute atomic E-state index is 2.11. The third-order valence-corrected chi connectivity index (χ3v) is 1.71. The van der Waals surface area contributed by atoms with Crippen molar-refractivity contribution in [3.05, 3.63) is 30.3 Å². The molecule has 0 aliphatic heterocycles. The molecule has 0 bridgehead atoms. The quantitative estimate of drug-likeness (QED) is 0.664. The Kier molecular flexibility index (Phi) is 1.81. The van der Waals surface area contributed by atoms with Gasteiger partial charge in [-0.3, -0.25) is 0 Å². The van der Waals surface area contributed by atoms with Crippen LogP contribution < -0.4 is 3.27 Å². The monoisotopic (exact) mass is 287 g/mol. The van der Waals surface area contributed by atoms with Crippen molar-refractivity contribution < 1.29 is 24.7 Å². The molecule has 0 nitrogen and oxygen atoms in total. The van der Waals surface area contributed by atoms with Crippen molar-refractivity contribution in [2.24, 2.45) is 0 Å². The van der Waals surface area contributed by atoms with Crippen LogP contribution in [0.4, 0.5) is 0 Å². The van der Waals surface area contributed by atoms with Crippen LogP contribution >= 0.6 is 0 Å². The van der Waals surface area contributed by atoms with E-state index in [1.807, 2.05) is 6.07 Å². The number of hydrogen-bond donors (Lipinski definition) is 0. The van der Waals surface area contributed by atoms with Crippen LogP contribution in [0.15, 0.2) is 30.3 Å². The molecule has 0 fully saturated rings. The summed E-state index contributed by atoms with van der Waals surface area (Å²) < 4.78 is 1.38. The van der Waals surface area contributed by atoms with E-state index in [1.54, 1.807) is 24.7 Å². The Balaban J connectivity index is 3.02.